The predicted octanol–water partition coefficient (Wildman–Crippen LogP) is 2.75. The zero-order valence-electron chi connectivity index (χ0n) is 11.4. The number of aliphatic imine (C=N–C) groups is 1. The largest absolute Gasteiger partial charge is 0.465 e. The summed E-state index contributed by atoms with van der Waals surface area (Å²) in [4.78, 5) is 16.1. The molecule has 1 aromatic rings. The number of amides is 1. The van der Waals surface area contributed by atoms with Crippen molar-refractivity contribution in [3.05, 3.63) is 35.6 Å². The maximum absolute atomic E-state index is 13.5. The first kappa shape index (κ1) is 15.1. The van der Waals surface area contributed by atoms with Crippen LogP contribution in [0.1, 0.15) is 37.6 Å². The van der Waals surface area contributed by atoms with E-state index in [0.717, 1.165) is 6.42 Å². The number of nitrogens with zero attached hydrogens (tertiary/aromatic N) is 1. The summed E-state index contributed by atoms with van der Waals surface area (Å²) in [7, 11) is 0. The summed E-state index contributed by atoms with van der Waals surface area (Å²) in [5.41, 5.74) is -0.0287. The van der Waals surface area contributed by atoms with E-state index in [-0.39, 0.29) is 17.6 Å². The van der Waals surface area contributed by atoms with Crippen molar-refractivity contribution in [3.8, 4) is 0 Å². The number of hydrogen-bond donors (Lipinski definition) is 1. The number of amidine groups is 1. The highest BCUT2D eigenvalue weighted by atomic mass is 19.1. The molecule has 5 heteroatoms. The summed E-state index contributed by atoms with van der Waals surface area (Å²) in [5, 5.41) is 2.49. The number of benzene rings is 1. The SMILES string of the molecule is CCOC(=N[C@@H](C)CC)NC(=O)c1ccccc1F. The van der Waals surface area contributed by atoms with Crippen LogP contribution in [-0.4, -0.2) is 24.6 Å². The number of carbonyl (C=O) groups is 1. The van der Waals surface area contributed by atoms with E-state index < -0.39 is 11.7 Å². The first-order chi connectivity index (χ1) is 9.08. The Kier molecular flexibility index (Phi) is 5.99. The van der Waals surface area contributed by atoms with Gasteiger partial charge in [0.15, 0.2) is 0 Å². The molecule has 0 heterocycles. The van der Waals surface area contributed by atoms with Gasteiger partial charge in [-0.05, 0) is 32.4 Å². The summed E-state index contributed by atoms with van der Waals surface area (Å²) in [6.45, 7) is 6.07. The van der Waals surface area contributed by atoms with Crippen molar-refractivity contribution in [2.45, 2.75) is 33.2 Å². The van der Waals surface area contributed by atoms with Gasteiger partial charge in [0, 0.05) is 0 Å². The van der Waals surface area contributed by atoms with E-state index in [1.54, 1.807) is 13.0 Å². The number of nitrogens with one attached hydrogen (secondary N) is 1. The molecule has 0 aliphatic carbocycles. The molecule has 0 aliphatic rings. The highest BCUT2D eigenvalue weighted by molar-refractivity contribution is 6.04. The fourth-order valence-electron chi connectivity index (χ4n) is 1.34. The summed E-state index contributed by atoms with van der Waals surface area (Å²) < 4.78 is 18.7. The van der Waals surface area contributed by atoms with Crippen molar-refractivity contribution in [2.24, 2.45) is 4.99 Å². The Hall–Kier alpha value is -1.91. The molecule has 1 amide bonds. The molecule has 0 aromatic heterocycles. The molecule has 0 unspecified atom stereocenters. The molecule has 1 aromatic carbocycles. The van der Waals surface area contributed by atoms with E-state index in [1.165, 1.54) is 18.2 Å². The summed E-state index contributed by atoms with van der Waals surface area (Å²) in [6, 6.07) is 5.94. The molecule has 0 bridgehead atoms. The zero-order chi connectivity index (χ0) is 14.3. The maximum Gasteiger partial charge on any atom is 0.291 e. The van der Waals surface area contributed by atoms with Crippen molar-refractivity contribution < 1.29 is 13.9 Å². The standard InChI is InChI=1S/C14H19FN2O2/c1-4-10(3)16-14(19-5-2)17-13(18)11-8-6-7-9-12(11)15/h6-10H,4-5H2,1-3H3,(H,16,17,18)/t10-/m0/s1. The third kappa shape index (κ3) is 4.69. The Bertz CT molecular complexity index is 461. The van der Waals surface area contributed by atoms with Gasteiger partial charge in [0.1, 0.15) is 5.82 Å². The number of rotatable bonds is 4. The summed E-state index contributed by atoms with van der Waals surface area (Å²) in [6.07, 6.45) is 0.826. The van der Waals surface area contributed by atoms with Crippen LogP contribution in [0.2, 0.25) is 0 Å². The molecule has 0 aliphatic heterocycles. The van der Waals surface area contributed by atoms with Gasteiger partial charge < -0.3 is 4.74 Å². The lowest BCUT2D eigenvalue weighted by molar-refractivity contribution is 0.0962. The second kappa shape index (κ2) is 7.51. The van der Waals surface area contributed by atoms with Crippen LogP contribution in [0.5, 0.6) is 0 Å². The average Bonchev–Trinajstić information content (AvgIpc) is 2.39. The van der Waals surface area contributed by atoms with Crippen LogP contribution >= 0.6 is 0 Å². The molecule has 104 valence electrons. The second-order valence-corrected chi connectivity index (χ2v) is 4.06. The van der Waals surface area contributed by atoms with Gasteiger partial charge in [-0.3, -0.25) is 10.1 Å². The third-order valence-electron chi connectivity index (χ3n) is 2.55. The van der Waals surface area contributed by atoms with Gasteiger partial charge in [0.2, 0.25) is 0 Å². The van der Waals surface area contributed by atoms with E-state index in [2.05, 4.69) is 10.3 Å². The second-order valence-electron chi connectivity index (χ2n) is 4.06. The molecule has 0 radical (unpaired) electrons. The topological polar surface area (TPSA) is 50.7 Å². The van der Waals surface area contributed by atoms with Gasteiger partial charge in [0.25, 0.3) is 11.9 Å². The van der Waals surface area contributed by atoms with Gasteiger partial charge in [-0.25, -0.2) is 9.38 Å². The number of carbonyl (C=O) groups excluding carboxylic acids is 1. The molecular weight excluding hydrogens is 247 g/mol. The molecule has 0 spiro atoms. The molecule has 1 atom stereocenters. The first-order valence-corrected chi connectivity index (χ1v) is 6.34. The summed E-state index contributed by atoms with van der Waals surface area (Å²) in [5.74, 6) is -1.13. The molecular formula is C14H19FN2O2. The van der Waals surface area contributed by atoms with Gasteiger partial charge in [-0.2, -0.15) is 0 Å². The van der Waals surface area contributed by atoms with E-state index in [4.69, 9.17) is 4.74 Å². The number of halogens is 1. The van der Waals surface area contributed by atoms with Crippen molar-refractivity contribution in [3.63, 3.8) is 0 Å². The van der Waals surface area contributed by atoms with Crippen molar-refractivity contribution in [2.75, 3.05) is 6.61 Å². The Morgan fingerprint density at radius 3 is 2.68 bits per heavy atom. The van der Waals surface area contributed by atoms with Crippen LogP contribution in [0.25, 0.3) is 0 Å². The summed E-state index contributed by atoms with van der Waals surface area (Å²) >= 11 is 0. The van der Waals surface area contributed by atoms with Crippen molar-refractivity contribution in [1.82, 2.24) is 5.32 Å². The van der Waals surface area contributed by atoms with Crippen LogP contribution < -0.4 is 5.32 Å². The van der Waals surface area contributed by atoms with Crippen LogP contribution in [0.15, 0.2) is 29.3 Å². The molecule has 0 fully saturated rings. The molecule has 4 nitrogen and oxygen atoms in total. The van der Waals surface area contributed by atoms with Gasteiger partial charge in [-0.1, -0.05) is 19.1 Å². The predicted molar refractivity (Wildman–Crippen MR) is 72.7 cm³/mol. The maximum atomic E-state index is 13.5. The Balaban J connectivity index is 2.83. The molecule has 19 heavy (non-hydrogen) atoms. The minimum Gasteiger partial charge on any atom is -0.465 e. The van der Waals surface area contributed by atoms with Crippen LogP contribution in [0.4, 0.5) is 4.39 Å². The minimum atomic E-state index is -0.570. The lowest BCUT2D eigenvalue weighted by Crippen LogP contribution is -2.34. The Morgan fingerprint density at radius 1 is 1.42 bits per heavy atom. The van der Waals surface area contributed by atoms with Gasteiger partial charge in [-0.15, -0.1) is 0 Å². The minimum absolute atomic E-state index is 0.0287. The Morgan fingerprint density at radius 2 is 2.11 bits per heavy atom. The highest BCUT2D eigenvalue weighted by Gasteiger charge is 2.14. The highest BCUT2D eigenvalue weighted by Crippen LogP contribution is 2.06. The Labute approximate surface area is 112 Å². The van der Waals surface area contributed by atoms with E-state index in [0.29, 0.717) is 6.61 Å². The lowest BCUT2D eigenvalue weighted by atomic mass is 10.2. The third-order valence-corrected chi connectivity index (χ3v) is 2.55. The van der Waals surface area contributed by atoms with Crippen LogP contribution in [0.3, 0.4) is 0 Å². The molecule has 0 saturated carbocycles. The van der Waals surface area contributed by atoms with Crippen LogP contribution in [-0.2, 0) is 4.74 Å². The quantitative estimate of drug-likeness (QED) is 0.673. The van der Waals surface area contributed by atoms with E-state index in [9.17, 15) is 9.18 Å². The number of hydrogen-bond acceptors (Lipinski definition) is 3. The van der Waals surface area contributed by atoms with Gasteiger partial charge in [0.05, 0.1) is 18.2 Å². The van der Waals surface area contributed by atoms with Crippen LogP contribution in [0, 0.1) is 5.82 Å². The van der Waals surface area contributed by atoms with E-state index >= 15 is 0 Å². The van der Waals surface area contributed by atoms with E-state index in [1.807, 2.05) is 13.8 Å². The molecule has 0 saturated heterocycles. The van der Waals surface area contributed by atoms with Crippen molar-refractivity contribution in [1.29, 1.82) is 0 Å². The smallest absolute Gasteiger partial charge is 0.291 e. The monoisotopic (exact) mass is 266 g/mol. The number of ether oxygens (including phenoxy) is 1. The lowest BCUT2D eigenvalue weighted by Gasteiger charge is -2.11. The zero-order valence-corrected chi connectivity index (χ0v) is 11.4. The normalized spacial score (nSPS) is 12.9. The fraction of sp³-hybridized carbons (Fsp3) is 0.429. The fourth-order valence-corrected chi connectivity index (χ4v) is 1.34. The average molecular weight is 266 g/mol. The molecule has 1 rings (SSSR count). The van der Waals surface area contributed by atoms with Gasteiger partial charge >= 0.3 is 0 Å². The first-order valence-electron chi connectivity index (χ1n) is 6.34. The van der Waals surface area contributed by atoms with Crippen molar-refractivity contribution >= 4 is 11.9 Å². The molecule has 1 N–H and O–H groups in total.